The van der Waals surface area contributed by atoms with E-state index in [1.54, 1.807) is 0 Å². The summed E-state index contributed by atoms with van der Waals surface area (Å²) in [5.41, 5.74) is 0.260. The number of carboxylic acid groups (broad SMARTS) is 1. The Hall–Kier alpha value is -1.40. The molecular formula is C18H31NO5. The van der Waals surface area contributed by atoms with Crippen molar-refractivity contribution in [2.45, 2.75) is 46.0 Å². The third kappa shape index (κ3) is 9.67. The summed E-state index contributed by atoms with van der Waals surface area (Å²) in [5, 5.41) is 8.90. The van der Waals surface area contributed by atoms with E-state index in [-0.39, 0.29) is 11.5 Å². The van der Waals surface area contributed by atoms with Gasteiger partial charge in [0.15, 0.2) is 0 Å². The highest BCUT2D eigenvalue weighted by Gasteiger charge is 2.14. The fourth-order valence-electron chi connectivity index (χ4n) is 2.55. The molecule has 24 heavy (non-hydrogen) atoms. The topological polar surface area (TPSA) is 76.1 Å². The van der Waals surface area contributed by atoms with Crippen LogP contribution in [0.25, 0.3) is 0 Å². The highest BCUT2D eigenvalue weighted by molar-refractivity contribution is 5.95. The van der Waals surface area contributed by atoms with Crippen molar-refractivity contribution in [2.24, 2.45) is 5.92 Å². The molecule has 0 aromatic carbocycles. The molecule has 0 bridgehead atoms. The van der Waals surface area contributed by atoms with Crippen LogP contribution in [0, 0.1) is 5.92 Å². The molecule has 1 fully saturated rings. The van der Waals surface area contributed by atoms with Gasteiger partial charge in [-0.05, 0) is 31.7 Å². The largest absolute Gasteiger partial charge is 0.478 e. The van der Waals surface area contributed by atoms with Gasteiger partial charge in [-0.1, -0.05) is 26.7 Å². The van der Waals surface area contributed by atoms with Gasteiger partial charge in [-0.15, -0.1) is 0 Å². The molecule has 0 aromatic heterocycles. The molecule has 0 atom stereocenters. The number of carbonyl (C=O) groups is 2. The van der Waals surface area contributed by atoms with Crippen LogP contribution < -0.4 is 0 Å². The average Bonchev–Trinajstić information content (AvgIpc) is 2.55. The summed E-state index contributed by atoms with van der Waals surface area (Å²) in [7, 11) is 0. The fourth-order valence-corrected chi connectivity index (χ4v) is 2.55. The van der Waals surface area contributed by atoms with Crippen molar-refractivity contribution in [1.29, 1.82) is 0 Å². The molecule has 1 rings (SSSR count). The van der Waals surface area contributed by atoms with Gasteiger partial charge in [0, 0.05) is 24.7 Å². The summed E-state index contributed by atoms with van der Waals surface area (Å²) in [6, 6.07) is 0. The summed E-state index contributed by atoms with van der Waals surface area (Å²) >= 11 is 0. The van der Waals surface area contributed by atoms with Crippen LogP contribution in [0.15, 0.2) is 11.6 Å². The minimum Gasteiger partial charge on any atom is -0.478 e. The number of rotatable bonds is 11. The van der Waals surface area contributed by atoms with Gasteiger partial charge in [-0.2, -0.15) is 0 Å². The van der Waals surface area contributed by atoms with E-state index in [4.69, 9.17) is 14.6 Å². The van der Waals surface area contributed by atoms with Gasteiger partial charge in [0.05, 0.1) is 19.8 Å². The molecule has 6 heteroatoms. The zero-order valence-electron chi connectivity index (χ0n) is 15.0. The van der Waals surface area contributed by atoms with Crippen LogP contribution in [0.3, 0.4) is 0 Å². The maximum atomic E-state index is 11.9. The fraction of sp³-hybridized carbons (Fsp3) is 0.778. The molecule has 0 aliphatic carbocycles. The van der Waals surface area contributed by atoms with Crippen molar-refractivity contribution in [3.8, 4) is 0 Å². The van der Waals surface area contributed by atoms with E-state index < -0.39 is 11.9 Å². The smallest absolute Gasteiger partial charge is 0.334 e. The van der Waals surface area contributed by atoms with Crippen molar-refractivity contribution in [3.05, 3.63) is 11.6 Å². The lowest BCUT2D eigenvalue weighted by molar-refractivity contribution is -0.141. The molecule has 0 radical (unpaired) electrons. The molecule has 0 spiro atoms. The monoisotopic (exact) mass is 341 g/mol. The van der Waals surface area contributed by atoms with Crippen molar-refractivity contribution >= 4 is 11.9 Å². The predicted octanol–water partition coefficient (Wildman–Crippen LogP) is 2.48. The van der Waals surface area contributed by atoms with Crippen LogP contribution in [0.5, 0.6) is 0 Å². The first-order valence-electron chi connectivity index (χ1n) is 8.89. The van der Waals surface area contributed by atoms with E-state index in [2.05, 4.69) is 4.90 Å². The molecule has 138 valence electrons. The SMILES string of the molecule is CC(C)COC(=O)/C(=C/C(=O)O)CCCCCCN1CCOCC1. The van der Waals surface area contributed by atoms with E-state index >= 15 is 0 Å². The Morgan fingerprint density at radius 1 is 1.17 bits per heavy atom. The van der Waals surface area contributed by atoms with E-state index in [1.807, 2.05) is 13.8 Å². The molecule has 1 saturated heterocycles. The normalized spacial score (nSPS) is 16.4. The number of ether oxygens (including phenoxy) is 2. The molecule has 0 unspecified atom stereocenters. The molecule has 1 heterocycles. The maximum absolute atomic E-state index is 11.9. The minimum atomic E-state index is -1.10. The third-order valence-electron chi connectivity index (χ3n) is 3.88. The molecule has 0 saturated carbocycles. The quantitative estimate of drug-likeness (QED) is 0.353. The third-order valence-corrected chi connectivity index (χ3v) is 3.88. The number of morpholine rings is 1. The van der Waals surface area contributed by atoms with Gasteiger partial charge in [0.1, 0.15) is 0 Å². The Bertz CT molecular complexity index is 414. The van der Waals surface area contributed by atoms with Gasteiger partial charge in [0.25, 0.3) is 0 Å². The summed E-state index contributed by atoms with van der Waals surface area (Å²) in [4.78, 5) is 25.2. The van der Waals surface area contributed by atoms with E-state index in [0.717, 1.165) is 64.6 Å². The summed E-state index contributed by atoms with van der Waals surface area (Å²) in [6.45, 7) is 8.95. The lowest BCUT2D eigenvalue weighted by Crippen LogP contribution is -2.36. The van der Waals surface area contributed by atoms with Crippen LogP contribution in [0.1, 0.15) is 46.0 Å². The van der Waals surface area contributed by atoms with Crippen LogP contribution in [0.4, 0.5) is 0 Å². The highest BCUT2D eigenvalue weighted by atomic mass is 16.5. The second-order valence-corrected chi connectivity index (χ2v) is 6.62. The number of carboxylic acids is 1. The van der Waals surface area contributed by atoms with Crippen LogP contribution in [-0.4, -0.2) is 61.4 Å². The number of unbranched alkanes of at least 4 members (excludes halogenated alkanes) is 3. The van der Waals surface area contributed by atoms with Crippen molar-refractivity contribution in [3.63, 3.8) is 0 Å². The summed E-state index contributed by atoms with van der Waals surface area (Å²) in [6.07, 6.45) is 5.43. The molecule has 0 amide bonds. The molecule has 0 aromatic rings. The zero-order valence-corrected chi connectivity index (χ0v) is 15.0. The zero-order chi connectivity index (χ0) is 17.8. The number of aliphatic carboxylic acids is 1. The molecule has 1 aliphatic rings. The van der Waals surface area contributed by atoms with Crippen LogP contribution in [0.2, 0.25) is 0 Å². The van der Waals surface area contributed by atoms with Gasteiger partial charge in [0.2, 0.25) is 0 Å². The van der Waals surface area contributed by atoms with Gasteiger partial charge in [-0.25, -0.2) is 9.59 Å². The summed E-state index contributed by atoms with van der Waals surface area (Å²) < 4.78 is 10.5. The van der Waals surface area contributed by atoms with Crippen LogP contribution >= 0.6 is 0 Å². The van der Waals surface area contributed by atoms with Crippen molar-refractivity contribution in [1.82, 2.24) is 4.90 Å². The average molecular weight is 341 g/mol. The van der Waals surface area contributed by atoms with Gasteiger partial charge in [-0.3, -0.25) is 4.90 Å². The number of hydrogen-bond donors (Lipinski definition) is 1. The molecule has 1 N–H and O–H groups in total. The number of esters is 1. The van der Waals surface area contributed by atoms with E-state index in [0.29, 0.717) is 13.0 Å². The highest BCUT2D eigenvalue weighted by Crippen LogP contribution is 2.13. The number of hydrogen-bond acceptors (Lipinski definition) is 5. The van der Waals surface area contributed by atoms with Crippen molar-refractivity contribution in [2.75, 3.05) is 39.5 Å². The first-order chi connectivity index (χ1) is 11.5. The maximum Gasteiger partial charge on any atom is 0.334 e. The Morgan fingerprint density at radius 3 is 2.46 bits per heavy atom. The first kappa shape index (κ1) is 20.6. The Balaban J connectivity index is 2.21. The number of nitrogens with zero attached hydrogens (tertiary/aromatic N) is 1. The first-order valence-corrected chi connectivity index (χ1v) is 8.89. The Kier molecular flexibility index (Phi) is 10.4. The molecular weight excluding hydrogens is 310 g/mol. The van der Waals surface area contributed by atoms with Gasteiger partial charge < -0.3 is 14.6 Å². The Morgan fingerprint density at radius 2 is 1.83 bits per heavy atom. The predicted molar refractivity (Wildman–Crippen MR) is 91.9 cm³/mol. The van der Waals surface area contributed by atoms with Crippen LogP contribution in [-0.2, 0) is 19.1 Å². The lowest BCUT2D eigenvalue weighted by Gasteiger charge is -2.26. The van der Waals surface area contributed by atoms with Crippen molar-refractivity contribution < 1.29 is 24.2 Å². The molecule has 1 aliphatic heterocycles. The number of carbonyl (C=O) groups excluding carboxylic acids is 1. The summed E-state index contributed by atoms with van der Waals surface area (Å²) in [5.74, 6) is -1.36. The standard InChI is InChI=1S/C18H31NO5/c1-15(2)14-24-18(22)16(13-17(20)21)7-5-3-4-6-8-19-9-11-23-12-10-19/h13,15H,3-12,14H2,1-2H3,(H,20,21)/b16-13+. The van der Waals surface area contributed by atoms with E-state index in [1.165, 1.54) is 0 Å². The molecule has 6 nitrogen and oxygen atoms in total. The van der Waals surface area contributed by atoms with E-state index in [9.17, 15) is 9.59 Å². The van der Waals surface area contributed by atoms with Gasteiger partial charge >= 0.3 is 11.9 Å². The Labute approximate surface area is 144 Å². The lowest BCUT2D eigenvalue weighted by atomic mass is 10.1. The minimum absolute atomic E-state index is 0.236. The second-order valence-electron chi connectivity index (χ2n) is 6.62. The second kappa shape index (κ2) is 12.0.